The van der Waals surface area contributed by atoms with Gasteiger partial charge >= 0.3 is 0 Å². The Labute approximate surface area is 84.9 Å². The van der Waals surface area contributed by atoms with Crippen molar-refractivity contribution in [2.24, 2.45) is 0 Å². The van der Waals surface area contributed by atoms with Crippen LogP contribution in [0.1, 0.15) is 20.8 Å². The summed E-state index contributed by atoms with van der Waals surface area (Å²) in [6.45, 7) is 8.42. The summed E-state index contributed by atoms with van der Waals surface area (Å²) < 4.78 is 0. The normalized spacial score (nSPS) is 19.5. The van der Waals surface area contributed by atoms with Gasteiger partial charge in [-0.25, -0.2) is 0 Å². The van der Waals surface area contributed by atoms with Gasteiger partial charge < -0.3 is 9.69 Å². The molecule has 0 atom stereocenters. The first kappa shape index (κ1) is 11.2. The minimum atomic E-state index is -0.400. The van der Waals surface area contributed by atoms with Crippen molar-refractivity contribution in [1.82, 2.24) is 9.80 Å². The molecule has 4 heteroatoms. The van der Waals surface area contributed by atoms with Crippen molar-refractivity contribution in [3.63, 3.8) is 0 Å². The van der Waals surface area contributed by atoms with Gasteiger partial charge in [-0.15, -0.1) is 0 Å². The van der Waals surface area contributed by atoms with Crippen LogP contribution >= 0.6 is 0 Å². The van der Waals surface area contributed by atoms with E-state index < -0.39 is 5.54 Å². The second-order valence-electron chi connectivity index (χ2n) is 4.26. The molecule has 1 amide bonds. The van der Waals surface area contributed by atoms with E-state index in [9.17, 15) is 9.59 Å². The van der Waals surface area contributed by atoms with E-state index in [-0.39, 0.29) is 5.91 Å². The number of aldehydes is 1. The third-order valence-corrected chi connectivity index (χ3v) is 2.83. The molecule has 1 aliphatic rings. The van der Waals surface area contributed by atoms with Gasteiger partial charge in [-0.1, -0.05) is 0 Å². The Kier molecular flexibility index (Phi) is 3.26. The van der Waals surface area contributed by atoms with E-state index in [1.807, 2.05) is 18.7 Å². The van der Waals surface area contributed by atoms with Gasteiger partial charge in [0.05, 0.1) is 5.54 Å². The molecule has 0 aliphatic carbocycles. The number of piperazine rings is 1. The van der Waals surface area contributed by atoms with Crippen molar-refractivity contribution in [2.45, 2.75) is 26.3 Å². The molecule has 1 fully saturated rings. The molecule has 1 rings (SSSR count). The highest BCUT2D eigenvalue weighted by molar-refractivity contribution is 5.73. The lowest BCUT2D eigenvalue weighted by molar-refractivity contribution is -0.132. The molecule has 1 heterocycles. The lowest BCUT2D eigenvalue weighted by Crippen LogP contribution is -2.56. The van der Waals surface area contributed by atoms with Crippen molar-refractivity contribution in [2.75, 3.05) is 26.2 Å². The zero-order valence-corrected chi connectivity index (χ0v) is 9.12. The van der Waals surface area contributed by atoms with Crippen LogP contribution in [0.5, 0.6) is 0 Å². The summed E-state index contributed by atoms with van der Waals surface area (Å²) >= 11 is 0. The molecule has 80 valence electrons. The van der Waals surface area contributed by atoms with Gasteiger partial charge in [-0.3, -0.25) is 9.69 Å². The highest BCUT2D eigenvalue weighted by Gasteiger charge is 2.29. The maximum atomic E-state index is 11.1. The number of carbonyl (C=O) groups is 2. The predicted molar refractivity (Wildman–Crippen MR) is 54.0 cm³/mol. The van der Waals surface area contributed by atoms with Crippen LogP contribution in [0.2, 0.25) is 0 Å². The van der Waals surface area contributed by atoms with Gasteiger partial charge in [-0.05, 0) is 13.8 Å². The van der Waals surface area contributed by atoms with Gasteiger partial charge in [-0.2, -0.15) is 0 Å². The van der Waals surface area contributed by atoms with Crippen molar-refractivity contribution < 1.29 is 9.59 Å². The first-order valence-electron chi connectivity index (χ1n) is 4.94. The van der Waals surface area contributed by atoms with E-state index in [1.165, 1.54) is 0 Å². The summed E-state index contributed by atoms with van der Waals surface area (Å²) in [5.74, 6) is 0.119. The number of hydrogen-bond donors (Lipinski definition) is 0. The van der Waals surface area contributed by atoms with E-state index >= 15 is 0 Å². The number of nitrogens with zero attached hydrogens (tertiary/aromatic N) is 2. The summed E-state index contributed by atoms with van der Waals surface area (Å²) in [5.41, 5.74) is -0.400. The van der Waals surface area contributed by atoms with E-state index in [0.29, 0.717) is 0 Å². The average Bonchev–Trinajstić information content (AvgIpc) is 2.18. The lowest BCUT2D eigenvalue weighted by Gasteiger charge is -2.40. The van der Waals surface area contributed by atoms with Crippen molar-refractivity contribution >= 4 is 12.2 Å². The Balaban J connectivity index is 2.51. The smallest absolute Gasteiger partial charge is 0.219 e. The van der Waals surface area contributed by atoms with Crippen LogP contribution in [0.25, 0.3) is 0 Å². The quantitative estimate of drug-likeness (QED) is 0.592. The van der Waals surface area contributed by atoms with Gasteiger partial charge in [0.2, 0.25) is 5.91 Å². The molecule has 0 unspecified atom stereocenters. The zero-order valence-electron chi connectivity index (χ0n) is 9.12. The standard InChI is InChI=1S/C10H18N2O2/c1-9(14)11-4-6-12(7-5-11)10(2,3)8-13/h8H,4-7H2,1-3H3. The molecule has 1 aliphatic heterocycles. The van der Waals surface area contributed by atoms with Crippen molar-refractivity contribution in [3.05, 3.63) is 0 Å². The molecule has 14 heavy (non-hydrogen) atoms. The molecule has 0 aromatic carbocycles. The molecular formula is C10H18N2O2. The van der Waals surface area contributed by atoms with Crippen LogP contribution in [-0.4, -0.2) is 53.7 Å². The lowest BCUT2D eigenvalue weighted by atomic mass is 10.0. The Hall–Kier alpha value is -0.900. The Bertz CT molecular complexity index is 230. The highest BCUT2D eigenvalue weighted by atomic mass is 16.2. The number of amides is 1. The number of rotatable bonds is 2. The minimum absolute atomic E-state index is 0.119. The van der Waals surface area contributed by atoms with Gasteiger partial charge in [0.1, 0.15) is 6.29 Å². The van der Waals surface area contributed by atoms with E-state index in [2.05, 4.69) is 4.90 Å². The molecule has 0 spiro atoms. The van der Waals surface area contributed by atoms with Gasteiger partial charge in [0.25, 0.3) is 0 Å². The van der Waals surface area contributed by atoms with E-state index in [0.717, 1.165) is 32.5 Å². The van der Waals surface area contributed by atoms with Crippen LogP contribution in [0, 0.1) is 0 Å². The topological polar surface area (TPSA) is 40.6 Å². The minimum Gasteiger partial charge on any atom is -0.340 e. The fraction of sp³-hybridized carbons (Fsp3) is 0.800. The van der Waals surface area contributed by atoms with Crippen LogP contribution in [0.3, 0.4) is 0 Å². The maximum absolute atomic E-state index is 11.1. The van der Waals surface area contributed by atoms with Crippen molar-refractivity contribution in [3.8, 4) is 0 Å². The van der Waals surface area contributed by atoms with Crippen LogP contribution in [-0.2, 0) is 9.59 Å². The van der Waals surface area contributed by atoms with E-state index in [1.54, 1.807) is 6.92 Å². The van der Waals surface area contributed by atoms with Crippen LogP contribution < -0.4 is 0 Å². The SMILES string of the molecule is CC(=O)N1CCN(C(C)(C)C=O)CC1. The van der Waals surface area contributed by atoms with Crippen molar-refractivity contribution in [1.29, 1.82) is 0 Å². The summed E-state index contributed by atoms with van der Waals surface area (Å²) in [6.07, 6.45) is 0.969. The third-order valence-electron chi connectivity index (χ3n) is 2.83. The predicted octanol–water partition coefficient (Wildman–Crippen LogP) is 0.128. The average molecular weight is 198 g/mol. The van der Waals surface area contributed by atoms with Crippen LogP contribution in [0.15, 0.2) is 0 Å². The molecule has 0 N–H and O–H groups in total. The largest absolute Gasteiger partial charge is 0.340 e. The molecule has 0 aromatic heterocycles. The molecular weight excluding hydrogens is 180 g/mol. The third kappa shape index (κ3) is 2.32. The monoisotopic (exact) mass is 198 g/mol. The summed E-state index contributed by atoms with van der Waals surface area (Å²) in [7, 11) is 0. The summed E-state index contributed by atoms with van der Waals surface area (Å²) in [4.78, 5) is 25.8. The first-order chi connectivity index (χ1) is 6.47. The molecule has 0 aromatic rings. The van der Waals surface area contributed by atoms with Gasteiger partial charge in [0, 0.05) is 33.1 Å². The Morgan fingerprint density at radius 2 is 1.71 bits per heavy atom. The molecule has 4 nitrogen and oxygen atoms in total. The maximum Gasteiger partial charge on any atom is 0.219 e. The Morgan fingerprint density at radius 3 is 2.07 bits per heavy atom. The second kappa shape index (κ2) is 4.09. The van der Waals surface area contributed by atoms with Crippen LogP contribution in [0.4, 0.5) is 0 Å². The van der Waals surface area contributed by atoms with E-state index in [4.69, 9.17) is 0 Å². The first-order valence-corrected chi connectivity index (χ1v) is 4.94. The molecule has 0 bridgehead atoms. The fourth-order valence-electron chi connectivity index (χ4n) is 1.67. The number of hydrogen-bond acceptors (Lipinski definition) is 3. The fourth-order valence-corrected chi connectivity index (χ4v) is 1.67. The molecule has 0 radical (unpaired) electrons. The summed E-state index contributed by atoms with van der Waals surface area (Å²) in [6, 6.07) is 0. The summed E-state index contributed by atoms with van der Waals surface area (Å²) in [5, 5.41) is 0. The molecule has 1 saturated heterocycles. The number of carbonyl (C=O) groups excluding carboxylic acids is 2. The Morgan fingerprint density at radius 1 is 1.21 bits per heavy atom. The second-order valence-corrected chi connectivity index (χ2v) is 4.26. The molecule has 0 saturated carbocycles. The zero-order chi connectivity index (χ0) is 10.8. The van der Waals surface area contributed by atoms with Gasteiger partial charge in [0.15, 0.2) is 0 Å². The highest BCUT2D eigenvalue weighted by Crippen LogP contribution is 2.14.